The first kappa shape index (κ1) is 25.0. The Morgan fingerprint density at radius 2 is 1.94 bits per heavy atom. The fourth-order valence-corrected chi connectivity index (χ4v) is 8.72. The molecule has 0 radical (unpaired) electrons. The van der Waals surface area contributed by atoms with Crippen LogP contribution in [0.5, 0.6) is 5.75 Å². The molecule has 2 N–H and O–H groups in total. The van der Waals surface area contributed by atoms with Crippen LogP contribution < -0.4 is 14.8 Å². The molecule has 3 fully saturated rings. The lowest BCUT2D eigenvalue weighted by Crippen LogP contribution is -2.60. The van der Waals surface area contributed by atoms with Crippen LogP contribution in [-0.4, -0.2) is 45.2 Å². The summed E-state index contributed by atoms with van der Waals surface area (Å²) < 4.78 is 41.1. The molecule has 5 atom stereocenters. The van der Waals surface area contributed by atoms with Crippen molar-refractivity contribution in [2.24, 2.45) is 22.7 Å². The molecule has 2 aliphatic heterocycles. The summed E-state index contributed by atoms with van der Waals surface area (Å²) in [5.41, 5.74) is 0.834. The van der Waals surface area contributed by atoms with E-state index in [-0.39, 0.29) is 39.4 Å². The predicted molar refractivity (Wildman–Crippen MR) is 134 cm³/mol. The molecule has 5 rings (SSSR count). The number of amides is 1. The first-order valence-electron chi connectivity index (χ1n) is 13.0. The van der Waals surface area contributed by atoms with Gasteiger partial charge in [-0.15, -0.1) is 0 Å². The van der Waals surface area contributed by atoms with Crippen molar-refractivity contribution < 1.29 is 22.7 Å². The Hall–Kier alpha value is -1.64. The fourth-order valence-electron chi connectivity index (χ4n) is 7.62. The summed E-state index contributed by atoms with van der Waals surface area (Å²) >= 11 is 0. The van der Waals surface area contributed by atoms with Gasteiger partial charge in [-0.05, 0) is 98.8 Å². The van der Waals surface area contributed by atoms with Gasteiger partial charge < -0.3 is 14.8 Å². The van der Waals surface area contributed by atoms with Crippen molar-refractivity contribution in [1.29, 1.82) is 0 Å². The number of rotatable bonds is 6. The van der Waals surface area contributed by atoms with E-state index in [9.17, 15) is 13.2 Å². The number of fused-ring (bicyclic) bond motifs is 2. The number of benzene rings is 1. The minimum absolute atomic E-state index is 0.00275. The van der Waals surface area contributed by atoms with Gasteiger partial charge in [0, 0.05) is 26.1 Å². The zero-order valence-electron chi connectivity index (χ0n) is 21.6. The number of sulfonamides is 1. The van der Waals surface area contributed by atoms with Crippen LogP contribution in [0, 0.1) is 22.7 Å². The Morgan fingerprint density at radius 1 is 1.17 bits per heavy atom. The van der Waals surface area contributed by atoms with E-state index in [4.69, 9.17) is 9.47 Å². The molecule has 8 heteroatoms. The molecule has 0 unspecified atom stereocenters. The maximum absolute atomic E-state index is 13.1. The lowest BCUT2D eigenvalue weighted by molar-refractivity contribution is -0.135. The Labute approximate surface area is 209 Å². The third-order valence-electron chi connectivity index (χ3n) is 9.42. The molecule has 2 saturated carbocycles. The first-order valence-corrected chi connectivity index (χ1v) is 14.5. The largest absolute Gasteiger partial charge is 0.488 e. The highest BCUT2D eigenvalue weighted by atomic mass is 32.2. The second-order valence-electron chi connectivity index (χ2n) is 12.4. The van der Waals surface area contributed by atoms with Crippen molar-refractivity contribution in [1.82, 2.24) is 10.0 Å². The minimum Gasteiger partial charge on any atom is -0.488 e. The van der Waals surface area contributed by atoms with Crippen LogP contribution in [-0.2, 0) is 26.0 Å². The normalized spacial score (nSPS) is 34.5. The maximum atomic E-state index is 13.1. The predicted octanol–water partition coefficient (Wildman–Crippen LogP) is 3.80. The van der Waals surface area contributed by atoms with Gasteiger partial charge in [0.05, 0.1) is 11.0 Å². The second kappa shape index (κ2) is 8.45. The van der Waals surface area contributed by atoms with E-state index in [2.05, 4.69) is 37.7 Å². The number of nitrogens with one attached hydrogen (secondary N) is 2. The summed E-state index contributed by atoms with van der Waals surface area (Å²) in [6.07, 6.45) is 5.46. The van der Waals surface area contributed by atoms with E-state index in [1.54, 1.807) is 25.1 Å². The van der Waals surface area contributed by atoms with Crippen molar-refractivity contribution in [2.75, 3.05) is 13.2 Å². The molecule has 0 aromatic heterocycles. The number of carbonyl (C=O) groups is 1. The molecule has 1 spiro atoms. The van der Waals surface area contributed by atoms with Crippen molar-refractivity contribution in [3.63, 3.8) is 0 Å². The van der Waals surface area contributed by atoms with Gasteiger partial charge in [0.1, 0.15) is 11.4 Å². The number of hydrogen-bond acceptors (Lipinski definition) is 5. The standard InChI is InChI=1S/C27H40N2O5S/c1-17(30)29-24-26(4,5)19-15-21-23(33-13-11-27(21,24)16-19)9-12-28-35(31,32)20-6-7-22-18(14-20)8-10-25(2,3)34-22/h6-7,14,19,21,23-24,28H,8-13,15-16H2,1-5H3,(H,29,30)/t19-,21-,23-,24+,27-/m1/s1. The lowest BCUT2D eigenvalue weighted by Gasteiger charge is -2.53. The van der Waals surface area contributed by atoms with Gasteiger partial charge in [0.15, 0.2) is 0 Å². The van der Waals surface area contributed by atoms with Crippen LogP contribution in [0.1, 0.15) is 72.3 Å². The van der Waals surface area contributed by atoms with Crippen molar-refractivity contribution in [3.05, 3.63) is 23.8 Å². The van der Waals surface area contributed by atoms with Crippen LogP contribution in [0.3, 0.4) is 0 Å². The molecule has 1 saturated heterocycles. The summed E-state index contributed by atoms with van der Waals surface area (Å²) in [5, 5.41) is 3.29. The monoisotopic (exact) mass is 504 g/mol. The average molecular weight is 505 g/mol. The number of carbonyl (C=O) groups excluding carboxylic acids is 1. The third kappa shape index (κ3) is 4.29. The van der Waals surface area contributed by atoms with E-state index < -0.39 is 10.0 Å². The van der Waals surface area contributed by atoms with Gasteiger partial charge in [-0.3, -0.25) is 4.79 Å². The molecule has 2 bridgehead atoms. The molecule has 1 amide bonds. The van der Waals surface area contributed by atoms with Crippen LogP contribution in [0.25, 0.3) is 0 Å². The first-order chi connectivity index (χ1) is 16.3. The van der Waals surface area contributed by atoms with Crippen LogP contribution in [0.15, 0.2) is 23.1 Å². The Bertz CT molecular complexity index is 1110. The van der Waals surface area contributed by atoms with E-state index in [0.29, 0.717) is 31.4 Å². The fraction of sp³-hybridized carbons (Fsp3) is 0.741. The van der Waals surface area contributed by atoms with Crippen LogP contribution in [0.2, 0.25) is 0 Å². The van der Waals surface area contributed by atoms with E-state index in [1.807, 2.05) is 0 Å². The topological polar surface area (TPSA) is 93.7 Å². The quantitative estimate of drug-likeness (QED) is 0.615. The van der Waals surface area contributed by atoms with Gasteiger partial charge in [-0.25, -0.2) is 13.1 Å². The minimum atomic E-state index is -3.62. The zero-order valence-corrected chi connectivity index (χ0v) is 22.5. The molecule has 35 heavy (non-hydrogen) atoms. The highest BCUT2D eigenvalue weighted by molar-refractivity contribution is 7.89. The molecule has 1 aromatic rings. The van der Waals surface area contributed by atoms with Gasteiger partial charge in [0.2, 0.25) is 15.9 Å². The molecule has 7 nitrogen and oxygen atoms in total. The summed E-state index contributed by atoms with van der Waals surface area (Å²) in [6, 6.07) is 5.29. The molecule has 1 aromatic carbocycles. The average Bonchev–Trinajstić information content (AvgIpc) is 3.26. The summed E-state index contributed by atoms with van der Waals surface area (Å²) in [5.74, 6) is 1.69. The van der Waals surface area contributed by atoms with Crippen molar-refractivity contribution >= 4 is 15.9 Å². The van der Waals surface area contributed by atoms with E-state index in [1.165, 1.54) is 0 Å². The Morgan fingerprint density at radius 3 is 2.69 bits per heavy atom. The second-order valence-corrected chi connectivity index (χ2v) is 14.2. The van der Waals surface area contributed by atoms with E-state index >= 15 is 0 Å². The highest BCUT2D eigenvalue weighted by Gasteiger charge is 2.68. The Kier molecular flexibility index (Phi) is 6.04. The van der Waals surface area contributed by atoms with Gasteiger partial charge in [-0.1, -0.05) is 13.8 Å². The number of ether oxygens (including phenoxy) is 2. The SMILES string of the molecule is CC(=O)N[C@H]1C(C)(C)[C@@H]2C[C@@H]3[C@@H](CCNS(=O)(=O)c4ccc5c(c4)CCC(C)(C)O5)OCC[C@@]31C2. The highest BCUT2D eigenvalue weighted by Crippen LogP contribution is 2.68. The molecule has 194 valence electrons. The summed E-state index contributed by atoms with van der Waals surface area (Å²) in [6.45, 7) is 11.3. The van der Waals surface area contributed by atoms with E-state index in [0.717, 1.165) is 43.4 Å². The smallest absolute Gasteiger partial charge is 0.240 e. The molecule has 4 aliphatic rings. The van der Waals surface area contributed by atoms with Crippen LogP contribution >= 0.6 is 0 Å². The molecular formula is C27H40N2O5S. The molecule has 2 aliphatic carbocycles. The summed E-state index contributed by atoms with van der Waals surface area (Å²) in [4.78, 5) is 12.3. The van der Waals surface area contributed by atoms with Gasteiger partial charge in [0.25, 0.3) is 0 Å². The lowest BCUT2D eigenvalue weighted by atomic mass is 9.59. The van der Waals surface area contributed by atoms with Gasteiger partial charge in [-0.2, -0.15) is 0 Å². The zero-order chi connectivity index (χ0) is 25.2. The Balaban J connectivity index is 1.25. The molecule has 2 heterocycles. The molecular weight excluding hydrogens is 464 g/mol. The summed E-state index contributed by atoms with van der Waals surface area (Å²) in [7, 11) is -3.62. The third-order valence-corrected chi connectivity index (χ3v) is 10.9. The number of aryl methyl sites for hydroxylation is 1. The van der Waals surface area contributed by atoms with Crippen molar-refractivity contribution in [3.8, 4) is 5.75 Å². The maximum Gasteiger partial charge on any atom is 0.240 e. The van der Waals surface area contributed by atoms with Crippen LogP contribution in [0.4, 0.5) is 0 Å². The van der Waals surface area contributed by atoms with Crippen molar-refractivity contribution in [2.45, 2.75) is 95.8 Å². The van der Waals surface area contributed by atoms with Gasteiger partial charge >= 0.3 is 0 Å². The number of hydrogen-bond donors (Lipinski definition) is 2.